The van der Waals surface area contributed by atoms with Crippen LogP contribution in [0.1, 0.15) is 0 Å². The molecule has 1 N–H and O–H groups in total. The standard InChI is InChI=1S/C18H13N3O.Zn/c22-16-11-5-4-9-14(16)17-20-15-10-6-12-19-18(15)21(17)13-7-2-1-3-8-13;/h1-12,22H;. The molecule has 0 aliphatic carbocycles. The van der Waals surface area contributed by atoms with Crippen LogP contribution < -0.4 is 0 Å². The summed E-state index contributed by atoms with van der Waals surface area (Å²) < 4.78 is 1.96. The van der Waals surface area contributed by atoms with Crippen LogP contribution in [0.4, 0.5) is 0 Å². The van der Waals surface area contributed by atoms with Crippen molar-refractivity contribution in [3.8, 4) is 22.8 Å². The Morgan fingerprint density at radius 2 is 1.57 bits per heavy atom. The van der Waals surface area contributed by atoms with Gasteiger partial charge in [0.25, 0.3) is 0 Å². The van der Waals surface area contributed by atoms with Crippen molar-refractivity contribution in [2.45, 2.75) is 0 Å². The summed E-state index contributed by atoms with van der Waals surface area (Å²) in [6.07, 6.45) is 1.75. The van der Waals surface area contributed by atoms with E-state index in [9.17, 15) is 5.11 Å². The topological polar surface area (TPSA) is 50.9 Å². The van der Waals surface area contributed by atoms with Crippen LogP contribution in [0.3, 0.4) is 0 Å². The van der Waals surface area contributed by atoms with Crippen molar-refractivity contribution in [3.63, 3.8) is 0 Å². The molecule has 2 aromatic carbocycles. The molecule has 108 valence electrons. The van der Waals surface area contributed by atoms with E-state index in [1.807, 2.05) is 59.2 Å². The van der Waals surface area contributed by atoms with E-state index in [2.05, 4.69) is 9.97 Å². The maximum Gasteiger partial charge on any atom is 0.164 e. The molecule has 0 aliphatic heterocycles. The first-order valence-electron chi connectivity index (χ1n) is 7.02. The Bertz CT molecular complexity index is 951. The molecule has 0 aliphatic rings. The van der Waals surface area contributed by atoms with Crippen molar-refractivity contribution in [2.24, 2.45) is 0 Å². The summed E-state index contributed by atoms with van der Waals surface area (Å²) in [6.45, 7) is 0. The molecule has 0 atom stereocenters. The molecule has 4 nitrogen and oxygen atoms in total. The zero-order valence-corrected chi connectivity index (χ0v) is 15.4. The smallest absolute Gasteiger partial charge is 0.164 e. The summed E-state index contributed by atoms with van der Waals surface area (Å²) >= 11 is 0. The quantitative estimate of drug-likeness (QED) is 0.558. The fourth-order valence-electron chi connectivity index (χ4n) is 2.58. The van der Waals surface area contributed by atoms with E-state index in [0.717, 1.165) is 16.9 Å². The number of imidazole rings is 1. The molecule has 0 radical (unpaired) electrons. The van der Waals surface area contributed by atoms with Gasteiger partial charge in [-0.1, -0.05) is 30.3 Å². The predicted octanol–water partition coefficient (Wildman–Crippen LogP) is 3.79. The fraction of sp³-hybridized carbons (Fsp3) is 0. The normalized spacial score (nSPS) is 10.4. The van der Waals surface area contributed by atoms with Gasteiger partial charge in [0.05, 0.1) is 5.56 Å². The Balaban J connectivity index is 0.00000156. The first-order valence-corrected chi connectivity index (χ1v) is 7.02. The average molecular weight is 353 g/mol. The van der Waals surface area contributed by atoms with Crippen molar-refractivity contribution in [2.75, 3.05) is 0 Å². The van der Waals surface area contributed by atoms with Crippen LogP contribution in [-0.4, -0.2) is 19.6 Å². The second-order valence-corrected chi connectivity index (χ2v) is 4.97. The maximum atomic E-state index is 10.2. The van der Waals surface area contributed by atoms with Gasteiger partial charge in [-0.2, -0.15) is 0 Å². The Kier molecular flexibility index (Phi) is 4.22. The Morgan fingerprint density at radius 1 is 0.826 bits per heavy atom. The Morgan fingerprint density at radius 3 is 2.35 bits per heavy atom. The number of nitrogens with zero attached hydrogens (tertiary/aromatic N) is 3. The second kappa shape index (κ2) is 6.31. The van der Waals surface area contributed by atoms with Gasteiger partial charge in [0.2, 0.25) is 0 Å². The molecule has 0 fully saturated rings. The first kappa shape index (κ1) is 15.4. The molecular weight excluding hydrogens is 340 g/mol. The molecule has 4 aromatic rings. The molecular formula is C18H13N3OZn. The Hall–Kier alpha value is -2.52. The number of benzene rings is 2. The van der Waals surface area contributed by atoms with Gasteiger partial charge < -0.3 is 5.11 Å². The summed E-state index contributed by atoms with van der Waals surface area (Å²) in [6, 6.07) is 20.9. The number of para-hydroxylation sites is 2. The van der Waals surface area contributed by atoms with Crippen LogP contribution in [-0.2, 0) is 19.5 Å². The molecule has 23 heavy (non-hydrogen) atoms. The summed E-state index contributed by atoms with van der Waals surface area (Å²) in [7, 11) is 0. The predicted molar refractivity (Wildman–Crippen MR) is 86.0 cm³/mol. The van der Waals surface area contributed by atoms with Crippen molar-refractivity contribution < 1.29 is 24.6 Å². The van der Waals surface area contributed by atoms with Crippen LogP contribution >= 0.6 is 0 Å². The van der Waals surface area contributed by atoms with Crippen LogP contribution in [0.25, 0.3) is 28.2 Å². The van der Waals surface area contributed by atoms with Gasteiger partial charge in [0.1, 0.15) is 11.3 Å². The molecule has 2 aromatic heterocycles. The van der Waals surface area contributed by atoms with Crippen LogP contribution in [0.5, 0.6) is 5.75 Å². The molecule has 0 unspecified atom stereocenters. The van der Waals surface area contributed by atoms with E-state index in [1.54, 1.807) is 18.3 Å². The number of aromatic nitrogens is 3. The minimum atomic E-state index is 0. The largest absolute Gasteiger partial charge is 0.507 e. The third-order valence-electron chi connectivity index (χ3n) is 3.58. The average Bonchev–Trinajstić information content (AvgIpc) is 2.95. The van der Waals surface area contributed by atoms with E-state index in [0.29, 0.717) is 11.4 Å². The first-order chi connectivity index (χ1) is 10.8. The number of aromatic hydroxyl groups is 1. The second-order valence-electron chi connectivity index (χ2n) is 4.97. The van der Waals surface area contributed by atoms with Gasteiger partial charge in [-0.3, -0.25) is 4.57 Å². The molecule has 5 heteroatoms. The van der Waals surface area contributed by atoms with Crippen LogP contribution in [0, 0.1) is 0 Å². The third kappa shape index (κ3) is 2.64. The maximum absolute atomic E-state index is 10.2. The molecule has 0 bridgehead atoms. The monoisotopic (exact) mass is 351 g/mol. The molecule has 2 heterocycles. The van der Waals surface area contributed by atoms with Crippen LogP contribution in [0.2, 0.25) is 0 Å². The van der Waals surface area contributed by atoms with Crippen molar-refractivity contribution in [1.29, 1.82) is 0 Å². The van der Waals surface area contributed by atoms with E-state index in [-0.39, 0.29) is 25.2 Å². The number of rotatable bonds is 2. The van der Waals surface area contributed by atoms with Gasteiger partial charge in [-0.05, 0) is 36.4 Å². The summed E-state index contributed by atoms with van der Waals surface area (Å²) in [4.78, 5) is 9.11. The zero-order chi connectivity index (χ0) is 14.9. The van der Waals surface area contributed by atoms with E-state index in [1.165, 1.54) is 0 Å². The molecule has 0 saturated heterocycles. The van der Waals surface area contributed by atoms with Crippen LogP contribution in [0.15, 0.2) is 72.9 Å². The van der Waals surface area contributed by atoms with Gasteiger partial charge in [0.15, 0.2) is 11.5 Å². The fourth-order valence-corrected chi connectivity index (χ4v) is 2.58. The SMILES string of the molecule is Oc1ccccc1-c1nc2cccnc2n1-c1ccccc1.[Zn]. The van der Waals surface area contributed by atoms with Gasteiger partial charge >= 0.3 is 0 Å². The third-order valence-corrected chi connectivity index (χ3v) is 3.58. The molecule has 0 spiro atoms. The summed E-state index contributed by atoms with van der Waals surface area (Å²) in [5.74, 6) is 0.882. The van der Waals surface area contributed by atoms with Gasteiger partial charge in [0, 0.05) is 31.4 Å². The number of pyridine rings is 1. The van der Waals surface area contributed by atoms with Crippen molar-refractivity contribution in [3.05, 3.63) is 72.9 Å². The summed E-state index contributed by atoms with van der Waals surface area (Å²) in [5.41, 5.74) is 3.21. The number of fused-ring (bicyclic) bond motifs is 1. The van der Waals surface area contributed by atoms with Gasteiger partial charge in [-0.15, -0.1) is 0 Å². The zero-order valence-electron chi connectivity index (χ0n) is 12.4. The Labute approximate surface area is 146 Å². The minimum Gasteiger partial charge on any atom is -0.507 e. The van der Waals surface area contributed by atoms with Gasteiger partial charge in [-0.25, -0.2) is 9.97 Å². The molecule has 0 amide bonds. The van der Waals surface area contributed by atoms with Crippen molar-refractivity contribution >= 4 is 11.2 Å². The minimum absolute atomic E-state index is 0. The number of phenols is 1. The van der Waals surface area contributed by atoms with E-state index >= 15 is 0 Å². The number of phenolic OH excluding ortho intramolecular Hbond substituents is 1. The summed E-state index contributed by atoms with van der Waals surface area (Å²) in [5, 5.41) is 10.2. The van der Waals surface area contributed by atoms with Crippen molar-refractivity contribution in [1.82, 2.24) is 14.5 Å². The molecule has 4 rings (SSSR count). The number of hydrogen-bond donors (Lipinski definition) is 1. The molecule has 0 saturated carbocycles. The van der Waals surface area contributed by atoms with E-state index in [4.69, 9.17) is 0 Å². The number of hydrogen-bond acceptors (Lipinski definition) is 3. The van der Waals surface area contributed by atoms with E-state index < -0.39 is 0 Å².